The highest BCUT2D eigenvalue weighted by atomic mass is 16.3. The van der Waals surface area contributed by atoms with Crippen LogP contribution in [0.3, 0.4) is 0 Å². The summed E-state index contributed by atoms with van der Waals surface area (Å²) in [5.41, 5.74) is 1.03. The molecule has 0 radical (unpaired) electrons. The largest absolute Gasteiger partial charge is 0.396 e. The molecule has 0 aliphatic carbocycles. The van der Waals surface area contributed by atoms with E-state index in [9.17, 15) is 9.59 Å². The van der Waals surface area contributed by atoms with Crippen molar-refractivity contribution < 1.29 is 5.11 Å². The number of aromatic nitrogens is 5. The molecule has 0 saturated carbocycles. The van der Waals surface area contributed by atoms with Crippen LogP contribution in [-0.2, 0) is 13.6 Å². The fourth-order valence-electron chi connectivity index (χ4n) is 3.18. The van der Waals surface area contributed by atoms with Crippen molar-refractivity contribution in [3.8, 4) is 0 Å². The van der Waals surface area contributed by atoms with E-state index in [2.05, 4.69) is 23.4 Å². The molecule has 0 saturated heterocycles. The van der Waals surface area contributed by atoms with Crippen LogP contribution in [-0.4, -0.2) is 34.8 Å². The normalized spacial score (nSPS) is 13.2. The Kier molecular flexibility index (Phi) is 4.08. The van der Waals surface area contributed by atoms with Crippen LogP contribution in [0.25, 0.3) is 16.9 Å². The maximum atomic E-state index is 12.8. The first-order valence-electron chi connectivity index (χ1n) is 8.22. The molecule has 3 rings (SSSR count). The first-order valence-corrected chi connectivity index (χ1v) is 8.22. The molecule has 0 aliphatic rings. The Morgan fingerprint density at radius 3 is 2.67 bits per heavy atom. The maximum absolute atomic E-state index is 12.8. The van der Waals surface area contributed by atoms with E-state index >= 15 is 0 Å². The number of aryl methyl sites for hydroxylation is 2. The molecule has 8 nitrogen and oxygen atoms in total. The molecule has 130 valence electrons. The van der Waals surface area contributed by atoms with Gasteiger partial charge in [-0.2, -0.15) is 4.98 Å². The highest BCUT2D eigenvalue weighted by Gasteiger charge is 2.21. The lowest BCUT2D eigenvalue weighted by Gasteiger charge is -2.12. The molecule has 0 aromatic carbocycles. The van der Waals surface area contributed by atoms with Crippen LogP contribution in [0.4, 0.5) is 0 Å². The summed E-state index contributed by atoms with van der Waals surface area (Å²) in [5.74, 6) is 0.670. The fourth-order valence-corrected chi connectivity index (χ4v) is 3.18. The molecule has 3 heterocycles. The predicted molar refractivity (Wildman–Crippen MR) is 91.6 cm³/mol. The van der Waals surface area contributed by atoms with Gasteiger partial charge in [0.15, 0.2) is 11.2 Å². The number of fused-ring (bicyclic) bond motifs is 3. The number of nitrogens with zero attached hydrogens (tertiary/aromatic N) is 5. The van der Waals surface area contributed by atoms with Crippen molar-refractivity contribution in [2.45, 2.75) is 46.2 Å². The SMILES string of the molecule is CCC(C)n1c(C)cn2c3c(=O)n(CCCO)c(=O)n(C)c3nc12. The van der Waals surface area contributed by atoms with Crippen LogP contribution in [0.15, 0.2) is 15.8 Å². The average Bonchev–Trinajstić information content (AvgIpc) is 3.06. The second-order valence-electron chi connectivity index (χ2n) is 6.23. The van der Waals surface area contributed by atoms with Crippen molar-refractivity contribution in [2.24, 2.45) is 7.05 Å². The van der Waals surface area contributed by atoms with Gasteiger partial charge < -0.3 is 9.67 Å². The van der Waals surface area contributed by atoms with E-state index in [1.165, 1.54) is 9.13 Å². The molecule has 0 spiro atoms. The van der Waals surface area contributed by atoms with Crippen molar-refractivity contribution in [3.05, 3.63) is 32.7 Å². The monoisotopic (exact) mass is 333 g/mol. The van der Waals surface area contributed by atoms with Gasteiger partial charge in [0.05, 0.1) is 0 Å². The minimum atomic E-state index is -0.409. The smallest absolute Gasteiger partial charge is 0.332 e. The van der Waals surface area contributed by atoms with Crippen LogP contribution < -0.4 is 11.2 Å². The van der Waals surface area contributed by atoms with Crippen LogP contribution in [0.1, 0.15) is 38.4 Å². The molecule has 3 aromatic heterocycles. The Morgan fingerprint density at radius 1 is 1.33 bits per heavy atom. The van der Waals surface area contributed by atoms with Crippen molar-refractivity contribution in [3.63, 3.8) is 0 Å². The van der Waals surface area contributed by atoms with Gasteiger partial charge in [0.1, 0.15) is 0 Å². The molecule has 1 N–H and O–H groups in total. The zero-order valence-corrected chi connectivity index (χ0v) is 14.5. The Morgan fingerprint density at radius 2 is 2.04 bits per heavy atom. The molecule has 0 bridgehead atoms. The standard InChI is InChI=1S/C16H23N5O3/c1-5-10(2)21-11(3)9-20-12-13(17-15(20)21)18(4)16(24)19(14(12)23)7-6-8-22/h9-10,22H,5-8H2,1-4H3. The van der Waals surface area contributed by atoms with Gasteiger partial charge in [-0.05, 0) is 26.7 Å². The Labute approximate surface area is 138 Å². The lowest BCUT2D eigenvalue weighted by atomic mass is 10.2. The van der Waals surface area contributed by atoms with E-state index in [-0.39, 0.29) is 24.8 Å². The van der Waals surface area contributed by atoms with Crippen molar-refractivity contribution >= 4 is 16.9 Å². The molecule has 0 aliphatic heterocycles. The minimum absolute atomic E-state index is 0.0705. The summed E-state index contributed by atoms with van der Waals surface area (Å²) in [6.45, 7) is 6.31. The molecule has 0 fully saturated rings. The van der Waals surface area contributed by atoms with Crippen LogP contribution in [0.2, 0.25) is 0 Å². The van der Waals surface area contributed by atoms with Gasteiger partial charge in [0.2, 0.25) is 5.78 Å². The van der Waals surface area contributed by atoms with Gasteiger partial charge >= 0.3 is 5.69 Å². The molecule has 1 atom stereocenters. The number of hydrogen-bond acceptors (Lipinski definition) is 4. The van der Waals surface area contributed by atoms with Gasteiger partial charge in [-0.15, -0.1) is 0 Å². The van der Waals surface area contributed by atoms with Gasteiger partial charge in [-0.25, -0.2) is 4.79 Å². The Balaban J connectivity index is 2.42. The van der Waals surface area contributed by atoms with Crippen LogP contribution in [0.5, 0.6) is 0 Å². The highest BCUT2D eigenvalue weighted by molar-refractivity contribution is 5.75. The third kappa shape index (κ3) is 2.21. The first-order chi connectivity index (χ1) is 11.4. The van der Waals surface area contributed by atoms with E-state index in [1.807, 2.05) is 13.1 Å². The summed E-state index contributed by atoms with van der Waals surface area (Å²) >= 11 is 0. The maximum Gasteiger partial charge on any atom is 0.332 e. The molecule has 24 heavy (non-hydrogen) atoms. The number of rotatable bonds is 5. The molecule has 1 unspecified atom stereocenters. The summed E-state index contributed by atoms with van der Waals surface area (Å²) in [4.78, 5) is 29.9. The third-order valence-electron chi connectivity index (χ3n) is 4.64. The summed E-state index contributed by atoms with van der Waals surface area (Å²) in [7, 11) is 1.62. The first kappa shape index (κ1) is 16.5. The van der Waals surface area contributed by atoms with Crippen molar-refractivity contribution in [1.29, 1.82) is 0 Å². The number of aliphatic hydroxyl groups is 1. The molecule has 8 heteroatoms. The van der Waals surface area contributed by atoms with Crippen molar-refractivity contribution in [1.82, 2.24) is 23.1 Å². The number of aliphatic hydroxyl groups excluding tert-OH is 1. The Bertz CT molecular complexity index is 1020. The highest BCUT2D eigenvalue weighted by Crippen LogP contribution is 2.22. The minimum Gasteiger partial charge on any atom is -0.396 e. The number of hydrogen-bond donors (Lipinski definition) is 1. The molecular weight excluding hydrogens is 310 g/mol. The summed E-state index contributed by atoms with van der Waals surface area (Å²) < 4.78 is 6.43. The Hall–Kier alpha value is -2.35. The van der Waals surface area contributed by atoms with E-state index in [4.69, 9.17) is 5.11 Å². The van der Waals surface area contributed by atoms with E-state index in [1.54, 1.807) is 11.4 Å². The zero-order valence-electron chi connectivity index (χ0n) is 14.5. The zero-order chi connectivity index (χ0) is 17.6. The van der Waals surface area contributed by atoms with E-state index in [0.29, 0.717) is 23.4 Å². The molecular formula is C16H23N5O3. The average molecular weight is 333 g/mol. The van der Waals surface area contributed by atoms with Gasteiger partial charge in [0.25, 0.3) is 5.56 Å². The quantitative estimate of drug-likeness (QED) is 0.749. The fraction of sp³-hybridized carbons (Fsp3) is 0.562. The number of imidazole rings is 2. The van der Waals surface area contributed by atoms with E-state index in [0.717, 1.165) is 12.1 Å². The van der Waals surface area contributed by atoms with E-state index < -0.39 is 5.69 Å². The van der Waals surface area contributed by atoms with Gasteiger partial charge in [0, 0.05) is 38.1 Å². The molecule has 3 aromatic rings. The van der Waals surface area contributed by atoms with Crippen LogP contribution in [0, 0.1) is 6.92 Å². The topological polar surface area (TPSA) is 86.5 Å². The summed E-state index contributed by atoms with van der Waals surface area (Å²) in [6.07, 6.45) is 3.18. The predicted octanol–water partition coefficient (Wildman–Crippen LogP) is 0.811. The lowest BCUT2D eigenvalue weighted by molar-refractivity contribution is 0.277. The second kappa shape index (κ2) is 5.94. The molecule has 0 amide bonds. The van der Waals surface area contributed by atoms with Crippen LogP contribution >= 0.6 is 0 Å². The van der Waals surface area contributed by atoms with Gasteiger partial charge in [-0.3, -0.25) is 18.3 Å². The second-order valence-corrected chi connectivity index (χ2v) is 6.23. The third-order valence-corrected chi connectivity index (χ3v) is 4.64. The van der Waals surface area contributed by atoms with Crippen molar-refractivity contribution in [2.75, 3.05) is 6.61 Å². The summed E-state index contributed by atoms with van der Waals surface area (Å²) in [5, 5.41) is 9.01. The lowest BCUT2D eigenvalue weighted by Crippen LogP contribution is -2.39. The summed E-state index contributed by atoms with van der Waals surface area (Å²) in [6, 6.07) is 0.243. The van der Waals surface area contributed by atoms with Gasteiger partial charge in [-0.1, -0.05) is 6.92 Å².